The van der Waals surface area contributed by atoms with E-state index in [1.54, 1.807) is 75.3 Å². The van der Waals surface area contributed by atoms with Gasteiger partial charge >= 0.3 is 17.9 Å². The number of hydrogen-bond donors (Lipinski definition) is 0. The van der Waals surface area contributed by atoms with E-state index in [9.17, 15) is 24.0 Å². The number of hydrogen-bond acceptors (Lipinski definition) is 8. The smallest absolute Gasteiger partial charge is 0.312 e. The van der Waals surface area contributed by atoms with Crippen LogP contribution in [0.4, 0.5) is 4.39 Å². The van der Waals surface area contributed by atoms with Crippen LogP contribution in [0, 0.1) is 44.8 Å². The molecular formula is C37H53FO8. The van der Waals surface area contributed by atoms with Crippen molar-refractivity contribution in [1.29, 1.82) is 0 Å². The molecule has 4 aliphatic carbocycles. The Morgan fingerprint density at radius 1 is 0.891 bits per heavy atom. The largest absolute Gasteiger partial charge is 0.458 e. The summed E-state index contributed by atoms with van der Waals surface area (Å²) in [5, 5.41) is 0. The lowest BCUT2D eigenvalue weighted by atomic mass is 9.44. The van der Waals surface area contributed by atoms with Gasteiger partial charge in [-0.2, -0.15) is 0 Å². The Kier molecular flexibility index (Phi) is 8.70. The summed E-state index contributed by atoms with van der Waals surface area (Å²) < 4.78 is 36.6. The third-order valence-corrected chi connectivity index (χ3v) is 11.2. The maximum absolute atomic E-state index is 18.6. The van der Waals surface area contributed by atoms with Gasteiger partial charge in [-0.15, -0.1) is 0 Å². The van der Waals surface area contributed by atoms with Crippen molar-refractivity contribution < 1.29 is 42.6 Å². The fraction of sp³-hybridized carbons (Fsp3) is 0.757. The van der Waals surface area contributed by atoms with E-state index < -0.39 is 92.5 Å². The first-order valence-corrected chi connectivity index (χ1v) is 16.5. The number of allylic oxidation sites excluding steroid dienone is 4. The van der Waals surface area contributed by atoms with Gasteiger partial charge in [0.2, 0.25) is 5.78 Å². The molecule has 0 aromatic heterocycles. The van der Waals surface area contributed by atoms with Gasteiger partial charge in [-0.05, 0) is 113 Å². The molecule has 0 saturated heterocycles. The zero-order chi connectivity index (χ0) is 35.1. The summed E-state index contributed by atoms with van der Waals surface area (Å²) in [5.74, 6) is -4.29. The molecule has 3 fully saturated rings. The second-order valence-electron chi connectivity index (χ2n) is 17.7. The van der Waals surface area contributed by atoms with Crippen LogP contribution in [0.25, 0.3) is 0 Å². The molecule has 4 aliphatic rings. The van der Waals surface area contributed by atoms with E-state index in [0.29, 0.717) is 24.8 Å². The second-order valence-corrected chi connectivity index (χ2v) is 17.7. The van der Waals surface area contributed by atoms with Crippen LogP contribution >= 0.6 is 0 Å². The van der Waals surface area contributed by atoms with Gasteiger partial charge in [0.1, 0.15) is 6.10 Å². The van der Waals surface area contributed by atoms with E-state index in [0.717, 1.165) is 0 Å². The highest BCUT2D eigenvalue weighted by atomic mass is 19.1. The predicted molar refractivity (Wildman–Crippen MR) is 170 cm³/mol. The van der Waals surface area contributed by atoms with Crippen molar-refractivity contribution in [3.63, 3.8) is 0 Å². The highest BCUT2D eigenvalue weighted by Crippen LogP contribution is 2.72. The summed E-state index contributed by atoms with van der Waals surface area (Å²) in [5.41, 5.74) is -8.48. The van der Waals surface area contributed by atoms with Gasteiger partial charge in [-0.3, -0.25) is 24.0 Å². The van der Waals surface area contributed by atoms with E-state index in [-0.39, 0.29) is 12.2 Å². The Morgan fingerprint density at radius 3 is 2.00 bits per heavy atom. The van der Waals surface area contributed by atoms with Gasteiger partial charge in [-0.25, -0.2) is 4.39 Å². The monoisotopic (exact) mass is 644 g/mol. The average molecular weight is 645 g/mol. The highest BCUT2D eigenvalue weighted by molar-refractivity contribution is 6.01. The molecule has 46 heavy (non-hydrogen) atoms. The molecule has 256 valence electrons. The molecule has 0 unspecified atom stereocenters. The molecule has 0 amide bonds. The van der Waals surface area contributed by atoms with Crippen molar-refractivity contribution in [2.45, 2.75) is 126 Å². The summed E-state index contributed by atoms with van der Waals surface area (Å²) in [7, 11) is 0. The van der Waals surface area contributed by atoms with Crippen molar-refractivity contribution in [1.82, 2.24) is 0 Å². The van der Waals surface area contributed by atoms with Gasteiger partial charge in [0.05, 0.1) is 16.2 Å². The van der Waals surface area contributed by atoms with E-state index in [2.05, 4.69) is 0 Å². The van der Waals surface area contributed by atoms with E-state index in [1.807, 2.05) is 13.8 Å². The quantitative estimate of drug-likeness (QED) is 0.240. The number of Topliss-reactive ketones (excluding diaryl/α,β-unsaturated/α-hetero) is 1. The van der Waals surface area contributed by atoms with Crippen molar-refractivity contribution in [3.05, 3.63) is 23.8 Å². The Bertz CT molecular complexity index is 1390. The number of fused-ring (bicyclic) bond motifs is 5. The molecule has 8 nitrogen and oxygen atoms in total. The number of esters is 3. The number of ketones is 2. The summed E-state index contributed by atoms with van der Waals surface area (Å²) >= 11 is 0. The zero-order valence-electron chi connectivity index (χ0n) is 29.7. The fourth-order valence-electron chi connectivity index (χ4n) is 8.55. The molecule has 0 heterocycles. The van der Waals surface area contributed by atoms with E-state index in [1.165, 1.54) is 12.2 Å². The lowest BCUT2D eigenvalue weighted by molar-refractivity contribution is -0.240. The molecular weight excluding hydrogens is 591 g/mol. The van der Waals surface area contributed by atoms with Gasteiger partial charge < -0.3 is 14.2 Å². The number of halogens is 1. The third kappa shape index (κ3) is 5.37. The Balaban J connectivity index is 1.92. The Labute approximate surface area is 273 Å². The molecule has 3 saturated carbocycles. The predicted octanol–water partition coefficient (Wildman–Crippen LogP) is 6.69. The second kappa shape index (κ2) is 11.1. The molecule has 0 spiro atoms. The van der Waals surface area contributed by atoms with Crippen molar-refractivity contribution in [2.75, 3.05) is 6.61 Å². The SMILES string of the molecule is C[C@@H]1C[C@H]2[C@@H]3CCC4=CC(=O)C=C[C@]4(C)[C@]3(F)[C@@H](OC(=O)C(C)(C)C)C[C@]2(C)[C@@]1(OC(=O)C(C)(C)C)C(=O)COC(=O)C(C)(C)C. The molecule has 8 atom stereocenters. The summed E-state index contributed by atoms with van der Waals surface area (Å²) in [6.07, 6.45) is 4.21. The van der Waals surface area contributed by atoms with Gasteiger partial charge in [0.15, 0.2) is 23.7 Å². The standard InChI is InChI=1S/C37H53FO8/c1-21-17-25-24-14-13-22-18-23(39)15-16-34(22,11)36(24,38)27(45-29(42)32(5,6)7)19-35(25,12)37(21,46-30(43)33(8,9)10)26(40)20-44-28(41)31(2,3)4/h15-16,18,21,24-25,27H,13-14,17,19-20H2,1-12H3/t21-,24+,25+,27+,34+,35+,36-,37+/m1/s1. The maximum Gasteiger partial charge on any atom is 0.312 e. The van der Waals surface area contributed by atoms with Crippen LogP contribution in [0.5, 0.6) is 0 Å². The summed E-state index contributed by atoms with van der Waals surface area (Å²) in [6, 6.07) is 0. The number of ether oxygens (including phenoxy) is 3. The minimum absolute atomic E-state index is 0.113. The van der Waals surface area contributed by atoms with Crippen LogP contribution in [0.2, 0.25) is 0 Å². The van der Waals surface area contributed by atoms with Crippen LogP contribution in [0.1, 0.15) is 109 Å². The zero-order valence-corrected chi connectivity index (χ0v) is 29.7. The molecule has 0 aromatic rings. The third-order valence-electron chi connectivity index (χ3n) is 11.2. The molecule has 0 aromatic carbocycles. The van der Waals surface area contributed by atoms with Gasteiger partial charge in [-0.1, -0.05) is 25.5 Å². The first-order chi connectivity index (χ1) is 20.8. The lowest BCUT2D eigenvalue weighted by Crippen LogP contribution is -2.71. The topological polar surface area (TPSA) is 113 Å². The number of carbonyl (C=O) groups excluding carboxylic acids is 5. The molecule has 0 aliphatic heterocycles. The van der Waals surface area contributed by atoms with Crippen LogP contribution < -0.4 is 0 Å². The van der Waals surface area contributed by atoms with E-state index >= 15 is 4.39 Å². The first kappa shape index (κ1) is 36.0. The Morgan fingerprint density at radius 2 is 1.46 bits per heavy atom. The number of carbonyl (C=O) groups is 5. The lowest BCUT2D eigenvalue weighted by Gasteiger charge is -2.63. The van der Waals surface area contributed by atoms with Crippen molar-refractivity contribution >= 4 is 29.5 Å². The normalized spacial score (nSPS) is 37.3. The summed E-state index contributed by atoms with van der Waals surface area (Å²) in [4.78, 5) is 67.0. The van der Waals surface area contributed by atoms with Crippen LogP contribution in [0.15, 0.2) is 23.8 Å². The minimum atomic E-state index is -2.12. The highest BCUT2D eigenvalue weighted by Gasteiger charge is 2.78. The molecule has 0 N–H and O–H groups in total. The van der Waals surface area contributed by atoms with Crippen LogP contribution in [0.3, 0.4) is 0 Å². The fourth-order valence-corrected chi connectivity index (χ4v) is 8.55. The minimum Gasteiger partial charge on any atom is -0.458 e. The van der Waals surface area contributed by atoms with Gasteiger partial charge in [0, 0.05) is 22.7 Å². The van der Waals surface area contributed by atoms with E-state index in [4.69, 9.17) is 14.2 Å². The van der Waals surface area contributed by atoms with Crippen LogP contribution in [-0.4, -0.2) is 53.5 Å². The van der Waals surface area contributed by atoms with Crippen molar-refractivity contribution in [3.8, 4) is 0 Å². The van der Waals surface area contributed by atoms with Crippen molar-refractivity contribution in [2.24, 2.45) is 44.8 Å². The first-order valence-electron chi connectivity index (χ1n) is 16.5. The summed E-state index contributed by atoms with van der Waals surface area (Å²) in [6.45, 7) is 20.0. The number of rotatable bonds is 5. The molecule has 4 rings (SSSR count). The molecule has 0 bridgehead atoms. The maximum atomic E-state index is 18.6. The van der Waals surface area contributed by atoms with Gasteiger partial charge in [0.25, 0.3) is 0 Å². The number of alkyl halides is 1. The average Bonchev–Trinajstić information content (AvgIpc) is 3.13. The molecule has 9 heteroatoms. The molecule has 0 radical (unpaired) electrons. The van der Waals surface area contributed by atoms with Crippen LogP contribution in [-0.2, 0) is 38.2 Å². The Hall–Kier alpha value is -2.84.